The first-order chi connectivity index (χ1) is 7.33. The highest BCUT2D eigenvalue weighted by atomic mass is 15.1. The van der Waals surface area contributed by atoms with Gasteiger partial charge < -0.3 is 4.57 Å². The summed E-state index contributed by atoms with van der Waals surface area (Å²) < 4.78 is 2.22. The minimum Gasteiger partial charge on any atom is -0.327 e. The summed E-state index contributed by atoms with van der Waals surface area (Å²) in [6, 6.07) is 8.22. The third kappa shape index (κ3) is 1.87. The van der Waals surface area contributed by atoms with E-state index in [2.05, 4.69) is 27.5 Å². The lowest BCUT2D eigenvalue weighted by molar-refractivity contribution is 0.713. The van der Waals surface area contributed by atoms with Gasteiger partial charge in [0.1, 0.15) is 5.82 Å². The molecular formula is C13H14N2. The van der Waals surface area contributed by atoms with Gasteiger partial charge in [-0.2, -0.15) is 0 Å². The number of nitrogens with zero attached hydrogens (tertiary/aromatic N) is 2. The molecule has 2 nitrogen and oxygen atoms in total. The molecule has 1 aromatic carbocycles. The molecule has 0 amide bonds. The third-order valence-electron chi connectivity index (χ3n) is 2.48. The van der Waals surface area contributed by atoms with E-state index in [9.17, 15) is 0 Å². The Balaban J connectivity index is 2.39. The van der Waals surface area contributed by atoms with Crippen molar-refractivity contribution >= 4 is 11.0 Å². The highest BCUT2D eigenvalue weighted by Gasteiger charge is 2.04. The highest BCUT2D eigenvalue weighted by molar-refractivity contribution is 5.75. The largest absolute Gasteiger partial charge is 0.327 e. The Kier molecular flexibility index (Phi) is 2.73. The van der Waals surface area contributed by atoms with Crippen LogP contribution in [0.4, 0.5) is 0 Å². The molecule has 0 unspecified atom stereocenters. The van der Waals surface area contributed by atoms with Crippen LogP contribution in [-0.4, -0.2) is 9.55 Å². The molecule has 0 atom stereocenters. The van der Waals surface area contributed by atoms with Crippen LogP contribution in [0.3, 0.4) is 0 Å². The summed E-state index contributed by atoms with van der Waals surface area (Å²) in [7, 11) is 0. The molecule has 0 saturated heterocycles. The van der Waals surface area contributed by atoms with Crippen molar-refractivity contribution in [2.45, 2.75) is 26.8 Å². The van der Waals surface area contributed by atoms with Gasteiger partial charge in [-0.3, -0.25) is 0 Å². The van der Waals surface area contributed by atoms with Gasteiger partial charge in [0, 0.05) is 13.0 Å². The summed E-state index contributed by atoms with van der Waals surface area (Å²) in [6.45, 7) is 4.84. The Morgan fingerprint density at radius 2 is 2.13 bits per heavy atom. The predicted molar refractivity (Wildman–Crippen MR) is 62.5 cm³/mol. The maximum atomic E-state index is 4.51. The van der Waals surface area contributed by atoms with E-state index in [0.717, 1.165) is 24.3 Å². The average molecular weight is 198 g/mol. The van der Waals surface area contributed by atoms with E-state index < -0.39 is 0 Å². The zero-order valence-corrected chi connectivity index (χ0v) is 9.12. The zero-order chi connectivity index (χ0) is 10.7. The lowest BCUT2D eigenvalue weighted by atomic mass is 10.3. The van der Waals surface area contributed by atoms with Crippen molar-refractivity contribution in [1.82, 2.24) is 9.55 Å². The van der Waals surface area contributed by atoms with Gasteiger partial charge in [0.25, 0.3) is 0 Å². The first-order valence-corrected chi connectivity index (χ1v) is 5.14. The Morgan fingerprint density at radius 1 is 1.33 bits per heavy atom. The summed E-state index contributed by atoms with van der Waals surface area (Å²) in [5.74, 6) is 7.06. The first-order valence-electron chi connectivity index (χ1n) is 5.14. The fraction of sp³-hybridized carbons (Fsp3) is 0.308. The molecule has 0 spiro atoms. The van der Waals surface area contributed by atoms with Crippen molar-refractivity contribution in [3.05, 3.63) is 30.1 Å². The molecule has 1 heterocycles. The van der Waals surface area contributed by atoms with Crippen LogP contribution in [0, 0.1) is 18.8 Å². The number of fused-ring (bicyclic) bond motifs is 1. The second-order valence-electron chi connectivity index (χ2n) is 3.48. The molecule has 2 aromatic rings. The second kappa shape index (κ2) is 4.18. The number of hydrogen-bond donors (Lipinski definition) is 0. The van der Waals surface area contributed by atoms with Gasteiger partial charge in [-0.1, -0.05) is 12.1 Å². The summed E-state index contributed by atoms with van der Waals surface area (Å²) in [5.41, 5.74) is 2.27. The van der Waals surface area contributed by atoms with Crippen LogP contribution in [0.1, 0.15) is 19.2 Å². The minimum atomic E-state index is 0.887. The van der Waals surface area contributed by atoms with E-state index in [1.54, 1.807) is 0 Å². The Bertz CT molecular complexity index is 526. The van der Waals surface area contributed by atoms with Crippen LogP contribution in [0.5, 0.6) is 0 Å². The van der Waals surface area contributed by atoms with E-state index in [1.165, 1.54) is 5.52 Å². The predicted octanol–water partition coefficient (Wildman–Crippen LogP) is 2.76. The van der Waals surface area contributed by atoms with E-state index in [-0.39, 0.29) is 0 Å². The molecule has 0 fully saturated rings. The minimum absolute atomic E-state index is 0.887. The molecular weight excluding hydrogens is 184 g/mol. The fourth-order valence-electron chi connectivity index (χ4n) is 1.77. The maximum Gasteiger partial charge on any atom is 0.106 e. The molecule has 0 aliphatic heterocycles. The van der Waals surface area contributed by atoms with Crippen molar-refractivity contribution in [3.63, 3.8) is 0 Å². The van der Waals surface area contributed by atoms with Crippen LogP contribution < -0.4 is 0 Å². The number of hydrogen-bond acceptors (Lipinski definition) is 1. The molecule has 15 heavy (non-hydrogen) atoms. The topological polar surface area (TPSA) is 17.8 Å². The fourth-order valence-corrected chi connectivity index (χ4v) is 1.77. The number of aromatic nitrogens is 2. The zero-order valence-electron chi connectivity index (χ0n) is 9.12. The van der Waals surface area contributed by atoms with Gasteiger partial charge in [-0.05, 0) is 26.0 Å². The standard InChI is InChI=1S/C13H14N2/c1-3-4-7-10-15-11(2)14-12-8-5-6-9-13(12)15/h5-6,8-9H,7,10H2,1-2H3. The number of imidazole rings is 1. The van der Waals surface area contributed by atoms with Crippen molar-refractivity contribution in [2.75, 3.05) is 0 Å². The Morgan fingerprint density at radius 3 is 2.93 bits per heavy atom. The molecule has 0 bridgehead atoms. The van der Waals surface area contributed by atoms with Gasteiger partial charge in [0.15, 0.2) is 0 Å². The summed E-state index contributed by atoms with van der Waals surface area (Å²) in [5, 5.41) is 0. The van der Waals surface area contributed by atoms with Gasteiger partial charge >= 0.3 is 0 Å². The molecule has 2 rings (SSSR count). The SMILES string of the molecule is CC#CCCn1c(C)nc2ccccc21. The summed E-state index contributed by atoms with van der Waals surface area (Å²) in [6.07, 6.45) is 0.887. The lowest BCUT2D eigenvalue weighted by Gasteiger charge is -2.02. The molecule has 76 valence electrons. The first kappa shape index (κ1) is 9.79. The van der Waals surface area contributed by atoms with Gasteiger partial charge in [0.2, 0.25) is 0 Å². The quantitative estimate of drug-likeness (QED) is 0.678. The van der Waals surface area contributed by atoms with Gasteiger partial charge in [0.05, 0.1) is 11.0 Å². The third-order valence-corrected chi connectivity index (χ3v) is 2.48. The van der Waals surface area contributed by atoms with E-state index in [0.29, 0.717) is 0 Å². The molecule has 0 N–H and O–H groups in total. The van der Waals surface area contributed by atoms with Crippen LogP contribution >= 0.6 is 0 Å². The van der Waals surface area contributed by atoms with E-state index in [1.807, 2.05) is 32.0 Å². The Hall–Kier alpha value is -1.75. The molecule has 0 aliphatic rings. The average Bonchev–Trinajstić information content (AvgIpc) is 2.56. The van der Waals surface area contributed by atoms with E-state index >= 15 is 0 Å². The van der Waals surface area contributed by atoms with Crippen LogP contribution in [-0.2, 0) is 6.54 Å². The monoisotopic (exact) mass is 198 g/mol. The number of benzene rings is 1. The molecule has 0 saturated carbocycles. The van der Waals surface area contributed by atoms with Crippen LogP contribution in [0.15, 0.2) is 24.3 Å². The molecule has 0 radical (unpaired) electrons. The van der Waals surface area contributed by atoms with Crippen molar-refractivity contribution < 1.29 is 0 Å². The van der Waals surface area contributed by atoms with Gasteiger partial charge in [-0.25, -0.2) is 4.98 Å². The van der Waals surface area contributed by atoms with Crippen molar-refractivity contribution in [2.24, 2.45) is 0 Å². The summed E-state index contributed by atoms with van der Waals surface area (Å²) in [4.78, 5) is 4.51. The molecule has 0 aliphatic carbocycles. The lowest BCUT2D eigenvalue weighted by Crippen LogP contribution is -1.99. The normalized spacial score (nSPS) is 10.0. The van der Waals surface area contributed by atoms with E-state index in [4.69, 9.17) is 0 Å². The van der Waals surface area contributed by atoms with Crippen LogP contribution in [0.25, 0.3) is 11.0 Å². The Labute approximate surface area is 89.9 Å². The number of rotatable bonds is 2. The number of para-hydroxylation sites is 2. The molecule has 1 aromatic heterocycles. The van der Waals surface area contributed by atoms with Crippen LogP contribution in [0.2, 0.25) is 0 Å². The maximum absolute atomic E-state index is 4.51. The van der Waals surface area contributed by atoms with Crippen molar-refractivity contribution in [1.29, 1.82) is 0 Å². The highest BCUT2D eigenvalue weighted by Crippen LogP contribution is 2.15. The second-order valence-corrected chi connectivity index (χ2v) is 3.48. The van der Waals surface area contributed by atoms with Gasteiger partial charge in [-0.15, -0.1) is 11.8 Å². The smallest absolute Gasteiger partial charge is 0.106 e. The molecule has 2 heteroatoms. The summed E-state index contributed by atoms with van der Waals surface area (Å²) >= 11 is 0. The van der Waals surface area contributed by atoms with Crippen molar-refractivity contribution in [3.8, 4) is 11.8 Å². The number of aryl methyl sites for hydroxylation is 2.